The first-order chi connectivity index (χ1) is 12.2. The van der Waals surface area contributed by atoms with Crippen LogP contribution in [-0.4, -0.2) is 23.1 Å². The van der Waals surface area contributed by atoms with Gasteiger partial charge in [-0.15, -0.1) is 0 Å². The van der Waals surface area contributed by atoms with Crippen molar-refractivity contribution in [1.82, 2.24) is 9.97 Å². The van der Waals surface area contributed by atoms with Gasteiger partial charge in [0.05, 0.1) is 7.11 Å². The highest BCUT2D eigenvalue weighted by molar-refractivity contribution is 5.50. The van der Waals surface area contributed by atoms with Gasteiger partial charge in [-0.2, -0.15) is 4.98 Å². The molecule has 1 aliphatic rings. The summed E-state index contributed by atoms with van der Waals surface area (Å²) in [4.78, 5) is 9.31. The third-order valence-electron chi connectivity index (χ3n) is 4.94. The molecule has 134 valence electrons. The highest BCUT2D eigenvalue weighted by atomic mass is 16.5. The Hall–Kier alpha value is -2.30. The molecule has 0 amide bonds. The average Bonchev–Trinajstić information content (AvgIpc) is 2.65. The highest BCUT2D eigenvalue weighted by Crippen LogP contribution is 2.24. The van der Waals surface area contributed by atoms with Crippen molar-refractivity contribution < 1.29 is 4.74 Å². The Morgan fingerprint density at radius 3 is 2.44 bits per heavy atom. The predicted octanol–water partition coefficient (Wildman–Crippen LogP) is 4.46. The zero-order valence-electron chi connectivity index (χ0n) is 15.4. The van der Waals surface area contributed by atoms with Crippen LogP contribution in [-0.2, 0) is 6.54 Å². The van der Waals surface area contributed by atoms with Crippen molar-refractivity contribution in [3.05, 3.63) is 41.1 Å². The molecule has 5 nitrogen and oxygen atoms in total. The second-order valence-corrected chi connectivity index (χ2v) is 6.79. The lowest BCUT2D eigenvalue weighted by molar-refractivity contribution is 0.414. The summed E-state index contributed by atoms with van der Waals surface area (Å²) in [5.74, 6) is 2.51. The average molecular weight is 340 g/mol. The van der Waals surface area contributed by atoms with E-state index in [-0.39, 0.29) is 0 Å². The number of benzene rings is 1. The lowest BCUT2D eigenvalue weighted by Crippen LogP contribution is -2.24. The Bertz CT molecular complexity index is 694. The van der Waals surface area contributed by atoms with E-state index in [4.69, 9.17) is 9.72 Å². The number of methoxy groups -OCH3 is 1. The zero-order valence-corrected chi connectivity index (χ0v) is 15.4. The van der Waals surface area contributed by atoms with Crippen LogP contribution in [0.1, 0.15) is 48.9 Å². The number of hydrogen-bond donors (Lipinski definition) is 2. The van der Waals surface area contributed by atoms with Gasteiger partial charge in [-0.1, -0.05) is 31.4 Å². The van der Waals surface area contributed by atoms with Crippen LogP contribution in [0, 0.1) is 13.8 Å². The van der Waals surface area contributed by atoms with Gasteiger partial charge in [-0.05, 0) is 44.4 Å². The van der Waals surface area contributed by atoms with Crippen LogP contribution >= 0.6 is 0 Å². The number of hydrogen-bond acceptors (Lipinski definition) is 5. The van der Waals surface area contributed by atoms with Crippen molar-refractivity contribution in [3.8, 4) is 5.75 Å². The predicted molar refractivity (Wildman–Crippen MR) is 102 cm³/mol. The molecule has 1 aliphatic carbocycles. The Labute approximate surface area is 150 Å². The third kappa shape index (κ3) is 4.62. The molecule has 1 heterocycles. The maximum atomic E-state index is 5.20. The Morgan fingerprint density at radius 2 is 1.76 bits per heavy atom. The first kappa shape index (κ1) is 17.5. The Kier molecular flexibility index (Phi) is 5.74. The highest BCUT2D eigenvalue weighted by Gasteiger charge is 2.16. The van der Waals surface area contributed by atoms with Gasteiger partial charge < -0.3 is 15.4 Å². The third-order valence-corrected chi connectivity index (χ3v) is 4.94. The number of nitrogens with one attached hydrogen (secondary N) is 2. The van der Waals surface area contributed by atoms with Gasteiger partial charge in [0.15, 0.2) is 0 Å². The van der Waals surface area contributed by atoms with Crippen molar-refractivity contribution >= 4 is 11.8 Å². The Morgan fingerprint density at radius 1 is 1.04 bits per heavy atom. The molecule has 0 bridgehead atoms. The quantitative estimate of drug-likeness (QED) is 0.813. The van der Waals surface area contributed by atoms with Crippen LogP contribution in [0.15, 0.2) is 24.3 Å². The SMILES string of the molecule is COc1ccc(CNc2nc(C)c(C)c(NC3CCCCC3)n2)cc1. The minimum Gasteiger partial charge on any atom is -0.497 e. The van der Waals surface area contributed by atoms with Gasteiger partial charge in [0.1, 0.15) is 11.6 Å². The molecule has 2 N–H and O–H groups in total. The largest absolute Gasteiger partial charge is 0.497 e. The summed E-state index contributed by atoms with van der Waals surface area (Å²) in [6.45, 7) is 4.82. The van der Waals surface area contributed by atoms with E-state index < -0.39 is 0 Å². The summed E-state index contributed by atoms with van der Waals surface area (Å²) in [5.41, 5.74) is 3.33. The van der Waals surface area contributed by atoms with Crippen molar-refractivity contribution in [2.24, 2.45) is 0 Å². The number of aromatic nitrogens is 2. The lowest BCUT2D eigenvalue weighted by atomic mass is 9.95. The van der Waals surface area contributed by atoms with Crippen LogP contribution in [0.25, 0.3) is 0 Å². The molecule has 0 radical (unpaired) electrons. The van der Waals surface area contributed by atoms with E-state index in [9.17, 15) is 0 Å². The van der Waals surface area contributed by atoms with Gasteiger partial charge in [0.2, 0.25) is 5.95 Å². The number of nitrogens with zero attached hydrogens (tertiary/aromatic N) is 2. The first-order valence-corrected chi connectivity index (χ1v) is 9.14. The van der Waals surface area contributed by atoms with Gasteiger partial charge in [0, 0.05) is 23.8 Å². The molecule has 0 unspecified atom stereocenters. The van der Waals surface area contributed by atoms with Crippen LogP contribution in [0.3, 0.4) is 0 Å². The standard InChI is InChI=1S/C20H28N4O/c1-14-15(2)22-20(21-13-16-9-11-18(25-3)12-10-16)24-19(14)23-17-7-5-4-6-8-17/h9-12,17H,4-8,13H2,1-3H3,(H2,21,22,23,24). The minimum absolute atomic E-state index is 0.538. The second kappa shape index (κ2) is 8.19. The van der Waals surface area contributed by atoms with Gasteiger partial charge >= 0.3 is 0 Å². The summed E-state index contributed by atoms with van der Waals surface area (Å²) in [6, 6.07) is 8.57. The first-order valence-electron chi connectivity index (χ1n) is 9.14. The molecule has 0 aliphatic heterocycles. The fourth-order valence-corrected chi connectivity index (χ4v) is 3.21. The number of ether oxygens (including phenoxy) is 1. The number of rotatable bonds is 6. The lowest BCUT2D eigenvalue weighted by Gasteiger charge is -2.24. The maximum absolute atomic E-state index is 5.20. The van der Waals surface area contributed by atoms with E-state index in [0.717, 1.165) is 22.8 Å². The van der Waals surface area contributed by atoms with Crippen molar-refractivity contribution in [1.29, 1.82) is 0 Å². The Balaban J connectivity index is 1.68. The summed E-state index contributed by atoms with van der Waals surface area (Å²) in [5, 5.41) is 6.98. The molecular formula is C20H28N4O. The summed E-state index contributed by atoms with van der Waals surface area (Å²) in [6.07, 6.45) is 6.44. The van der Waals surface area contributed by atoms with Crippen LogP contribution in [0.2, 0.25) is 0 Å². The van der Waals surface area contributed by atoms with E-state index in [2.05, 4.69) is 22.5 Å². The van der Waals surface area contributed by atoms with Crippen molar-refractivity contribution in [2.45, 2.75) is 58.5 Å². The summed E-state index contributed by atoms with van der Waals surface area (Å²) >= 11 is 0. The molecule has 25 heavy (non-hydrogen) atoms. The molecular weight excluding hydrogens is 312 g/mol. The van der Waals surface area contributed by atoms with Gasteiger partial charge in [-0.3, -0.25) is 0 Å². The molecule has 0 atom stereocenters. The van der Waals surface area contributed by atoms with E-state index in [1.54, 1.807) is 7.11 Å². The van der Waals surface area contributed by atoms with E-state index >= 15 is 0 Å². The zero-order chi connectivity index (χ0) is 17.6. The molecule has 0 saturated heterocycles. The van der Waals surface area contributed by atoms with Crippen molar-refractivity contribution in [2.75, 3.05) is 17.7 Å². The monoisotopic (exact) mass is 340 g/mol. The number of aryl methyl sites for hydroxylation is 1. The second-order valence-electron chi connectivity index (χ2n) is 6.79. The molecule has 3 rings (SSSR count). The summed E-state index contributed by atoms with van der Waals surface area (Å²) < 4.78 is 5.20. The van der Waals surface area contributed by atoms with E-state index in [1.165, 1.54) is 37.7 Å². The molecule has 2 aromatic rings. The molecule has 1 saturated carbocycles. The fourth-order valence-electron chi connectivity index (χ4n) is 3.21. The topological polar surface area (TPSA) is 59.1 Å². The van der Waals surface area contributed by atoms with Crippen LogP contribution in [0.4, 0.5) is 11.8 Å². The molecule has 1 aromatic carbocycles. The van der Waals surface area contributed by atoms with Gasteiger partial charge in [0.25, 0.3) is 0 Å². The summed E-state index contributed by atoms with van der Waals surface area (Å²) in [7, 11) is 1.68. The minimum atomic E-state index is 0.538. The normalized spacial score (nSPS) is 15.0. The smallest absolute Gasteiger partial charge is 0.225 e. The van der Waals surface area contributed by atoms with Gasteiger partial charge in [-0.25, -0.2) is 4.98 Å². The van der Waals surface area contributed by atoms with Crippen LogP contribution in [0.5, 0.6) is 5.75 Å². The molecule has 5 heteroatoms. The number of anilines is 2. The van der Waals surface area contributed by atoms with E-state index in [0.29, 0.717) is 18.5 Å². The molecule has 0 spiro atoms. The van der Waals surface area contributed by atoms with Crippen LogP contribution < -0.4 is 15.4 Å². The molecule has 1 aromatic heterocycles. The maximum Gasteiger partial charge on any atom is 0.225 e. The van der Waals surface area contributed by atoms with Crippen molar-refractivity contribution in [3.63, 3.8) is 0 Å². The van der Waals surface area contributed by atoms with E-state index in [1.807, 2.05) is 31.2 Å². The molecule has 1 fully saturated rings. The fraction of sp³-hybridized carbons (Fsp3) is 0.500.